The first kappa shape index (κ1) is 20.0. The highest BCUT2D eigenvalue weighted by Gasteiger charge is 2.48. The van der Waals surface area contributed by atoms with Crippen LogP contribution in [0.5, 0.6) is 11.5 Å². The van der Waals surface area contributed by atoms with E-state index in [2.05, 4.69) is 4.90 Å². The molecule has 27 heavy (non-hydrogen) atoms. The van der Waals surface area contributed by atoms with Gasteiger partial charge in [0.2, 0.25) is 5.60 Å². The normalized spacial score (nSPS) is 24.6. The maximum Gasteiger partial charge on any atom is 0.351 e. The van der Waals surface area contributed by atoms with Gasteiger partial charge in [-0.05, 0) is 57.3 Å². The molecule has 3 rings (SSSR count). The van der Waals surface area contributed by atoms with Crippen molar-refractivity contribution >= 4 is 23.3 Å². The van der Waals surface area contributed by atoms with Crippen molar-refractivity contribution in [2.75, 3.05) is 32.0 Å². The summed E-state index contributed by atoms with van der Waals surface area (Å²) in [5, 5.41) is 19.6. The molecule has 1 fully saturated rings. The Hall–Kier alpha value is -1.70. The zero-order chi connectivity index (χ0) is 19.6. The van der Waals surface area contributed by atoms with Crippen LogP contribution in [0.3, 0.4) is 0 Å². The third kappa shape index (κ3) is 4.42. The third-order valence-electron chi connectivity index (χ3n) is 5.44. The van der Waals surface area contributed by atoms with Gasteiger partial charge in [-0.15, -0.1) is 0 Å². The number of hydrogen-bond donors (Lipinski definition) is 3. The van der Waals surface area contributed by atoms with Gasteiger partial charge in [0.05, 0.1) is 16.8 Å². The number of anilines is 1. The molecular weight excluding hydrogens is 372 g/mol. The Balaban J connectivity index is 1.67. The van der Waals surface area contributed by atoms with Crippen molar-refractivity contribution in [3.8, 4) is 11.5 Å². The predicted molar refractivity (Wildman–Crippen MR) is 102 cm³/mol. The van der Waals surface area contributed by atoms with Crippen molar-refractivity contribution in [2.45, 2.75) is 44.3 Å². The smallest absolute Gasteiger partial charge is 0.351 e. The molecule has 1 aromatic rings. The molecule has 2 heterocycles. The number of nitrogen functional groups attached to an aromatic ring is 1. The van der Waals surface area contributed by atoms with E-state index < -0.39 is 11.6 Å². The van der Waals surface area contributed by atoms with Gasteiger partial charge in [0, 0.05) is 13.0 Å². The van der Waals surface area contributed by atoms with Crippen molar-refractivity contribution in [2.24, 2.45) is 5.92 Å². The van der Waals surface area contributed by atoms with E-state index in [1.807, 2.05) is 0 Å². The Labute approximate surface area is 164 Å². The van der Waals surface area contributed by atoms with Crippen LogP contribution in [0.4, 0.5) is 5.69 Å². The first-order valence-electron chi connectivity index (χ1n) is 9.34. The number of hydrogen-bond acceptors (Lipinski definition) is 6. The number of nitrogens with zero attached hydrogens (tertiary/aromatic N) is 1. The number of carboxylic acids is 1. The highest BCUT2D eigenvalue weighted by Crippen LogP contribution is 2.45. The summed E-state index contributed by atoms with van der Waals surface area (Å²) in [5.74, 6) is -0.203. The van der Waals surface area contributed by atoms with Crippen LogP contribution >= 0.6 is 11.6 Å². The molecule has 0 spiro atoms. The van der Waals surface area contributed by atoms with E-state index >= 15 is 0 Å². The van der Waals surface area contributed by atoms with E-state index in [4.69, 9.17) is 26.8 Å². The van der Waals surface area contributed by atoms with Gasteiger partial charge in [0.25, 0.3) is 0 Å². The van der Waals surface area contributed by atoms with Crippen molar-refractivity contribution in [3.63, 3.8) is 0 Å². The second-order valence-electron chi connectivity index (χ2n) is 7.61. The first-order valence-corrected chi connectivity index (χ1v) is 9.72. The van der Waals surface area contributed by atoms with Crippen molar-refractivity contribution in [1.29, 1.82) is 0 Å². The van der Waals surface area contributed by atoms with Crippen LogP contribution in [0, 0.1) is 5.92 Å². The summed E-state index contributed by atoms with van der Waals surface area (Å²) in [4.78, 5) is 14.4. The lowest BCUT2D eigenvalue weighted by Crippen LogP contribution is -2.54. The molecule has 8 heteroatoms. The van der Waals surface area contributed by atoms with Gasteiger partial charge >= 0.3 is 5.97 Å². The Kier molecular flexibility index (Phi) is 6.03. The molecule has 2 aliphatic heterocycles. The van der Waals surface area contributed by atoms with Crippen LogP contribution in [0.1, 0.15) is 32.6 Å². The second kappa shape index (κ2) is 8.12. The number of piperidine rings is 1. The lowest BCUT2D eigenvalue weighted by Gasteiger charge is -2.40. The largest absolute Gasteiger partial charge is 0.485 e. The number of fused-ring (bicyclic) bond motifs is 1. The second-order valence-corrected chi connectivity index (χ2v) is 8.01. The fraction of sp³-hybridized carbons (Fsp3) is 0.632. The number of halogens is 1. The summed E-state index contributed by atoms with van der Waals surface area (Å²) in [7, 11) is 0. The summed E-state index contributed by atoms with van der Waals surface area (Å²) >= 11 is 6.05. The number of carbonyl (C=O) groups is 1. The van der Waals surface area contributed by atoms with Gasteiger partial charge in [-0.1, -0.05) is 11.6 Å². The number of ether oxygens (including phenoxy) is 2. The molecule has 0 bridgehead atoms. The van der Waals surface area contributed by atoms with Crippen LogP contribution < -0.4 is 15.2 Å². The Bertz CT molecular complexity index is 691. The summed E-state index contributed by atoms with van der Waals surface area (Å²) in [6.45, 7) is 4.37. The van der Waals surface area contributed by atoms with Crippen molar-refractivity contribution in [1.82, 2.24) is 4.90 Å². The molecule has 1 saturated heterocycles. The SMILES string of the molecule is CC(O)CCN1CCC(CC2(C(=O)O)COc3ccc(Cl)c(N)c3O2)CC1. The molecule has 1 aromatic carbocycles. The Morgan fingerprint density at radius 3 is 2.78 bits per heavy atom. The van der Waals surface area contributed by atoms with Gasteiger partial charge in [-0.2, -0.15) is 0 Å². The lowest BCUT2D eigenvalue weighted by molar-refractivity contribution is -0.163. The highest BCUT2D eigenvalue weighted by atomic mass is 35.5. The number of carboxylic acid groups (broad SMARTS) is 1. The van der Waals surface area contributed by atoms with Crippen LogP contribution in [-0.2, 0) is 4.79 Å². The number of aliphatic hydroxyl groups excluding tert-OH is 1. The number of benzene rings is 1. The molecule has 2 unspecified atom stereocenters. The number of nitrogens with two attached hydrogens (primary N) is 1. The molecule has 2 aliphatic rings. The van der Waals surface area contributed by atoms with Crippen molar-refractivity contribution < 1.29 is 24.5 Å². The topological polar surface area (TPSA) is 105 Å². The Morgan fingerprint density at radius 1 is 1.44 bits per heavy atom. The van der Waals surface area contributed by atoms with E-state index in [9.17, 15) is 15.0 Å². The van der Waals surface area contributed by atoms with E-state index in [1.54, 1.807) is 19.1 Å². The average Bonchev–Trinajstić information content (AvgIpc) is 2.64. The molecular formula is C19H27ClN2O5. The molecule has 0 amide bonds. The maximum atomic E-state index is 12.1. The average molecular weight is 399 g/mol. The molecule has 0 saturated carbocycles. The first-order chi connectivity index (χ1) is 12.8. The molecule has 0 radical (unpaired) electrons. The quantitative estimate of drug-likeness (QED) is 0.632. The summed E-state index contributed by atoms with van der Waals surface area (Å²) < 4.78 is 11.6. The van der Waals surface area contributed by atoms with E-state index in [-0.39, 0.29) is 30.1 Å². The van der Waals surface area contributed by atoms with Gasteiger partial charge in [-0.3, -0.25) is 0 Å². The minimum Gasteiger partial charge on any atom is -0.485 e. The van der Waals surface area contributed by atoms with Gasteiger partial charge in [0.1, 0.15) is 6.61 Å². The lowest BCUT2D eigenvalue weighted by atomic mass is 9.84. The van der Waals surface area contributed by atoms with Crippen molar-refractivity contribution in [3.05, 3.63) is 17.2 Å². The number of aliphatic carboxylic acids is 1. The molecule has 4 N–H and O–H groups in total. The molecule has 0 aliphatic carbocycles. The van der Waals surface area contributed by atoms with Crippen LogP contribution in [-0.4, -0.2) is 59.0 Å². The third-order valence-corrected chi connectivity index (χ3v) is 5.77. The zero-order valence-corrected chi connectivity index (χ0v) is 16.2. The van der Waals surface area contributed by atoms with E-state index in [0.717, 1.165) is 38.9 Å². The molecule has 2 atom stereocenters. The molecule has 150 valence electrons. The number of likely N-dealkylation sites (tertiary alicyclic amines) is 1. The standard InChI is InChI=1S/C19H27ClN2O5/c1-12(23)4-7-22-8-5-13(6-9-22)10-19(18(24)25)11-26-15-3-2-14(20)16(21)17(15)27-19/h2-3,12-13,23H,4-11,21H2,1H3,(H,24,25). The summed E-state index contributed by atoms with van der Waals surface area (Å²) in [5.41, 5.74) is 4.72. The monoisotopic (exact) mass is 398 g/mol. The van der Waals surface area contributed by atoms with E-state index in [0.29, 0.717) is 17.2 Å². The van der Waals surface area contributed by atoms with Crippen LogP contribution in [0.25, 0.3) is 0 Å². The molecule has 7 nitrogen and oxygen atoms in total. The van der Waals surface area contributed by atoms with Gasteiger partial charge in [-0.25, -0.2) is 4.79 Å². The fourth-order valence-corrected chi connectivity index (χ4v) is 3.89. The van der Waals surface area contributed by atoms with Gasteiger partial charge < -0.3 is 30.3 Å². The highest BCUT2D eigenvalue weighted by molar-refractivity contribution is 6.33. The summed E-state index contributed by atoms with van der Waals surface area (Å²) in [6, 6.07) is 3.25. The summed E-state index contributed by atoms with van der Waals surface area (Å²) in [6.07, 6.45) is 2.57. The van der Waals surface area contributed by atoms with E-state index in [1.165, 1.54) is 0 Å². The Morgan fingerprint density at radius 2 is 2.15 bits per heavy atom. The maximum absolute atomic E-state index is 12.1. The van der Waals surface area contributed by atoms with Crippen LogP contribution in [0.15, 0.2) is 12.1 Å². The minimum atomic E-state index is -1.46. The zero-order valence-electron chi connectivity index (χ0n) is 15.5. The number of aliphatic hydroxyl groups is 1. The number of rotatable bonds is 6. The fourth-order valence-electron chi connectivity index (χ4n) is 3.74. The predicted octanol–water partition coefficient (Wildman–Crippen LogP) is 2.39. The minimum absolute atomic E-state index is 0.0569. The van der Waals surface area contributed by atoms with Crippen LogP contribution in [0.2, 0.25) is 5.02 Å². The molecule has 0 aromatic heterocycles. The van der Waals surface area contributed by atoms with Gasteiger partial charge in [0.15, 0.2) is 11.5 Å².